The van der Waals surface area contributed by atoms with Crippen LogP contribution in [-0.4, -0.2) is 56.8 Å². The lowest BCUT2D eigenvalue weighted by Crippen LogP contribution is -2.44. The van der Waals surface area contributed by atoms with Crippen molar-refractivity contribution in [3.05, 3.63) is 27.1 Å². The highest BCUT2D eigenvalue weighted by Gasteiger charge is 2.25. The van der Waals surface area contributed by atoms with Gasteiger partial charge in [-0.25, -0.2) is 4.98 Å². The molecule has 0 spiro atoms. The Morgan fingerprint density at radius 2 is 2.00 bits per heavy atom. The summed E-state index contributed by atoms with van der Waals surface area (Å²) in [7, 11) is 0. The van der Waals surface area contributed by atoms with Gasteiger partial charge in [0.05, 0.1) is 16.6 Å². The molecule has 0 bridgehead atoms. The molecule has 1 unspecified atom stereocenters. The molecule has 2 aromatic heterocycles. The van der Waals surface area contributed by atoms with E-state index in [4.69, 9.17) is 0 Å². The van der Waals surface area contributed by atoms with Gasteiger partial charge in [0.1, 0.15) is 11.4 Å². The van der Waals surface area contributed by atoms with Crippen LogP contribution < -0.4 is 5.56 Å². The summed E-state index contributed by atoms with van der Waals surface area (Å²) in [5.41, 5.74) is 0.401. The first-order valence-electron chi connectivity index (χ1n) is 9.96. The highest BCUT2D eigenvalue weighted by molar-refractivity contribution is 7.20. The quantitative estimate of drug-likeness (QED) is 0.768. The maximum absolute atomic E-state index is 13.0. The molecule has 28 heavy (non-hydrogen) atoms. The fourth-order valence-electron chi connectivity index (χ4n) is 3.84. The molecule has 0 aromatic carbocycles. The van der Waals surface area contributed by atoms with E-state index in [0.29, 0.717) is 33.7 Å². The lowest BCUT2D eigenvalue weighted by Gasteiger charge is -2.33. The van der Waals surface area contributed by atoms with Gasteiger partial charge in [0.2, 0.25) is 5.91 Å². The van der Waals surface area contributed by atoms with E-state index in [0.717, 1.165) is 25.8 Å². The van der Waals surface area contributed by atoms with Gasteiger partial charge in [-0.1, -0.05) is 0 Å². The Morgan fingerprint density at radius 1 is 1.29 bits per heavy atom. The number of carbonyl (C=O) groups excluding carboxylic acids is 2. The van der Waals surface area contributed by atoms with Gasteiger partial charge in [-0.15, -0.1) is 11.3 Å². The van der Waals surface area contributed by atoms with Crippen LogP contribution >= 0.6 is 11.3 Å². The van der Waals surface area contributed by atoms with E-state index in [-0.39, 0.29) is 30.0 Å². The molecule has 152 valence electrons. The predicted molar refractivity (Wildman–Crippen MR) is 111 cm³/mol. The van der Waals surface area contributed by atoms with Crippen LogP contribution in [0.1, 0.15) is 55.3 Å². The number of nitrogens with zero attached hydrogens (tertiary/aromatic N) is 4. The van der Waals surface area contributed by atoms with Crippen molar-refractivity contribution in [3.8, 4) is 0 Å². The second-order valence-electron chi connectivity index (χ2n) is 7.32. The van der Waals surface area contributed by atoms with Gasteiger partial charge in [0, 0.05) is 25.7 Å². The summed E-state index contributed by atoms with van der Waals surface area (Å²) in [6.45, 7) is 9.66. The number of fused-ring (bicyclic) bond motifs is 1. The lowest BCUT2D eigenvalue weighted by molar-refractivity contribution is -0.135. The second-order valence-corrected chi connectivity index (χ2v) is 8.32. The molecule has 0 radical (unpaired) electrons. The number of rotatable bonds is 5. The molecule has 1 aliphatic rings. The molecular weight excluding hydrogens is 376 g/mol. The van der Waals surface area contributed by atoms with Crippen LogP contribution in [0.25, 0.3) is 10.2 Å². The van der Waals surface area contributed by atoms with E-state index >= 15 is 0 Å². The van der Waals surface area contributed by atoms with Gasteiger partial charge < -0.3 is 9.80 Å². The van der Waals surface area contributed by atoms with Gasteiger partial charge in [0.25, 0.3) is 11.5 Å². The average Bonchev–Trinajstić information content (AvgIpc) is 3.02. The Morgan fingerprint density at radius 3 is 2.64 bits per heavy atom. The third-order valence-electron chi connectivity index (χ3n) is 5.59. The molecule has 2 amide bonds. The van der Waals surface area contributed by atoms with Crippen molar-refractivity contribution in [2.75, 3.05) is 19.6 Å². The molecule has 8 heteroatoms. The first kappa shape index (κ1) is 20.5. The summed E-state index contributed by atoms with van der Waals surface area (Å²) in [4.78, 5) is 47.6. The van der Waals surface area contributed by atoms with Crippen molar-refractivity contribution in [1.29, 1.82) is 0 Å². The molecule has 1 saturated heterocycles. The Balaban J connectivity index is 1.93. The molecule has 0 saturated carbocycles. The molecule has 0 aliphatic carbocycles. The van der Waals surface area contributed by atoms with E-state index in [1.807, 2.05) is 18.7 Å². The molecule has 7 nitrogen and oxygen atoms in total. The Hall–Kier alpha value is -2.22. The zero-order valence-corrected chi connectivity index (χ0v) is 17.8. The van der Waals surface area contributed by atoms with Crippen LogP contribution in [0.3, 0.4) is 0 Å². The van der Waals surface area contributed by atoms with E-state index in [2.05, 4.69) is 11.9 Å². The van der Waals surface area contributed by atoms with E-state index < -0.39 is 0 Å². The van der Waals surface area contributed by atoms with Gasteiger partial charge in [-0.3, -0.25) is 19.0 Å². The standard InChI is InChI=1S/C20H28N4O3S/c1-5-22(6-2)20(27)17-14(4)16-18(28-17)21-12-23(19(16)26)11-15(25)24-10-8-7-9-13(24)3/h12-13H,5-11H2,1-4H3. The Bertz CT molecular complexity index is 945. The number of carbonyl (C=O) groups is 2. The maximum Gasteiger partial charge on any atom is 0.264 e. The van der Waals surface area contributed by atoms with Crippen LogP contribution in [0, 0.1) is 6.92 Å². The number of likely N-dealkylation sites (tertiary alicyclic amines) is 1. The number of aryl methyl sites for hydroxylation is 1. The van der Waals surface area contributed by atoms with Crippen molar-refractivity contribution in [1.82, 2.24) is 19.4 Å². The van der Waals surface area contributed by atoms with Crippen molar-refractivity contribution in [3.63, 3.8) is 0 Å². The molecule has 3 rings (SSSR count). The smallest absolute Gasteiger partial charge is 0.264 e. The van der Waals surface area contributed by atoms with Crippen LogP contribution in [0.2, 0.25) is 0 Å². The molecule has 2 aromatic rings. The van der Waals surface area contributed by atoms with E-state index in [9.17, 15) is 14.4 Å². The summed E-state index contributed by atoms with van der Waals surface area (Å²) < 4.78 is 1.37. The van der Waals surface area contributed by atoms with Crippen LogP contribution in [0.15, 0.2) is 11.1 Å². The Kier molecular flexibility index (Phi) is 6.17. The number of piperidine rings is 1. The average molecular weight is 405 g/mol. The summed E-state index contributed by atoms with van der Waals surface area (Å²) in [6, 6.07) is 0.204. The summed E-state index contributed by atoms with van der Waals surface area (Å²) in [5, 5.41) is 0.447. The third-order valence-corrected chi connectivity index (χ3v) is 6.78. The molecule has 3 heterocycles. The topological polar surface area (TPSA) is 75.5 Å². The monoisotopic (exact) mass is 404 g/mol. The molecule has 1 aliphatic heterocycles. The van der Waals surface area contributed by atoms with Gasteiger partial charge in [0.15, 0.2) is 0 Å². The van der Waals surface area contributed by atoms with Crippen LogP contribution in [0.5, 0.6) is 0 Å². The minimum atomic E-state index is -0.254. The van der Waals surface area contributed by atoms with E-state index in [1.165, 1.54) is 22.2 Å². The minimum absolute atomic E-state index is 0.0132. The number of thiophene rings is 1. The number of amides is 2. The van der Waals surface area contributed by atoms with Crippen molar-refractivity contribution in [2.45, 2.75) is 59.5 Å². The van der Waals surface area contributed by atoms with Crippen LogP contribution in [-0.2, 0) is 11.3 Å². The largest absolute Gasteiger partial charge is 0.338 e. The van der Waals surface area contributed by atoms with Gasteiger partial charge in [-0.2, -0.15) is 0 Å². The van der Waals surface area contributed by atoms with Crippen molar-refractivity contribution in [2.24, 2.45) is 0 Å². The lowest BCUT2D eigenvalue weighted by atomic mass is 10.0. The molecule has 1 atom stereocenters. The fourth-order valence-corrected chi connectivity index (χ4v) is 4.94. The summed E-state index contributed by atoms with van der Waals surface area (Å²) in [5.74, 6) is -0.127. The van der Waals surface area contributed by atoms with Crippen LogP contribution in [0.4, 0.5) is 0 Å². The zero-order chi connectivity index (χ0) is 20.4. The highest BCUT2D eigenvalue weighted by Crippen LogP contribution is 2.28. The molecule has 0 N–H and O–H groups in total. The van der Waals surface area contributed by atoms with Gasteiger partial charge in [-0.05, 0) is 52.5 Å². The fraction of sp³-hybridized carbons (Fsp3) is 0.600. The first-order valence-corrected chi connectivity index (χ1v) is 10.8. The minimum Gasteiger partial charge on any atom is -0.338 e. The first-order chi connectivity index (χ1) is 13.4. The Labute approximate surface area is 169 Å². The molecular formula is C20H28N4O3S. The number of hydrogen-bond acceptors (Lipinski definition) is 5. The van der Waals surface area contributed by atoms with Crippen molar-refractivity contribution < 1.29 is 9.59 Å². The van der Waals surface area contributed by atoms with Gasteiger partial charge >= 0.3 is 0 Å². The summed E-state index contributed by atoms with van der Waals surface area (Å²) >= 11 is 1.25. The predicted octanol–water partition coefficient (Wildman–Crippen LogP) is 2.65. The zero-order valence-electron chi connectivity index (χ0n) is 17.0. The van der Waals surface area contributed by atoms with E-state index in [1.54, 1.807) is 11.8 Å². The summed E-state index contributed by atoms with van der Waals surface area (Å²) in [6.07, 6.45) is 4.57. The third kappa shape index (κ3) is 3.70. The van der Waals surface area contributed by atoms with Crippen molar-refractivity contribution >= 4 is 33.4 Å². The SMILES string of the molecule is CCN(CC)C(=O)c1sc2ncn(CC(=O)N3CCCCC3C)c(=O)c2c1C. The molecule has 1 fully saturated rings. The maximum atomic E-state index is 13.0. The normalized spacial score (nSPS) is 17.1. The number of aromatic nitrogens is 2. The number of hydrogen-bond donors (Lipinski definition) is 0. The second kappa shape index (κ2) is 8.43. The highest BCUT2D eigenvalue weighted by atomic mass is 32.1.